The van der Waals surface area contributed by atoms with Crippen LogP contribution in [0.1, 0.15) is 26.2 Å². The van der Waals surface area contributed by atoms with Crippen LogP contribution in [-0.2, 0) is 4.79 Å². The van der Waals surface area contributed by atoms with Gasteiger partial charge >= 0.3 is 6.18 Å². The molecule has 2 heterocycles. The molecule has 3 unspecified atom stereocenters. The highest BCUT2D eigenvalue weighted by atomic mass is 127. The first kappa shape index (κ1) is 17.0. The van der Waals surface area contributed by atoms with Crippen LogP contribution in [-0.4, -0.2) is 49.2 Å². The van der Waals surface area contributed by atoms with Crippen molar-refractivity contribution >= 4 is 5.91 Å². The Morgan fingerprint density at radius 3 is 2.21 bits per heavy atom. The maximum Gasteiger partial charge on any atom is 0.389 e. The molecule has 2 saturated heterocycles. The van der Waals surface area contributed by atoms with Gasteiger partial charge in [0.1, 0.15) is 0 Å². The minimum Gasteiger partial charge on any atom is -1.00 e. The summed E-state index contributed by atoms with van der Waals surface area (Å²) in [6.07, 6.45) is -3.39. The first-order valence-electron chi connectivity index (χ1n) is 6.48. The van der Waals surface area contributed by atoms with Crippen molar-refractivity contribution in [2.45, 2.75) is 44.4 Å². The molecule has 0 aliphatic carbocycles. The summed E-state index contributed by atoms with van der Waals surface area (Å²) < 4.78 is 37.0. The number of quaternary nitrogens is 1. The lowest BCUT2D eigenvalue weighted by molar-refractivity contribution is -0.888. The van der Waals surface area contributed by atoms with E-state index < -0.39 is 18.5 Å². The van der Waals surface area contributed by atoms with Gasteiger partial charge in [0.05, 0.1) is 38.6 Å². The minimum absolute atomic E-state index is 0. The van der Waals surface area contributed by atoms with Crippen LogP contribution in [0.3, 0.4) is 0 Å². The Morgan fingerprint density at radius 2 is 1.79 bits per heavy atom. The number of halogens is 4. The Balaban J connectivity index is 0.00000180. The van der Waals surface area contributed by atoms with Crippen molar-refractivity contribution in [2.75, 3.05) is 20.1 Å². The van der Waals surface area contributed by atoms with E-state index in [4.69, 9.17) is 0 Å². The number of alkyl halides is 3. The molecule has 2 aliphatic rings. The Morgan fingerprint density at radius 1 is 1.32 bits per heavy atom. The van der Waals surface area contributed by atoms with E-state index in [9.17, 15) is 18.0 Å². The van der Waals surface area contributed by atoms with E-state index in [0.717, 1.165) is 25.9 Å². The molecule has 1 amide bonds. The fourth-order valence-electron chi connectivity index (χ4n) is 3.30. The van der Waals surface area contributed by atoms with Gasteiger partial charge in [-0.25, -0.2) is 0 Å². The largest absolute Gasteiger partial charge is 1.00 e. The van der Waals surface area contributed by atoms with Gasteiger partial charge in [-0.05, 0) is 12.8 Å². The summed E-state index contributed by atoms with van der Waals surface area (Å²) in [5, 5.41) is 0. The summed E-state index contributed by atoms with van der Waals surface area (Å²) >= 11 is 0. The van der Waals surface area contributed by atoms with Crippen LogP contribution in [0.5, 0.6) is 0 Å². The lowest BCUT2D eigenvalue weighted by Gasteiger charge is -2.38. The molecule has 2 bridgehead atoms. The summed E-state index contributed by atoms with van der Waals surface area (Å²) in [4.78, 5) is 15.3. The monoisotopic (exact) mass is 392 g/mol. The molecule has 112 valence electrons. The molecule has 2 fully saturated rings. The van der Waals surface area contributed by atoms with Gasteiger partial charge in [0.2, 0.25) is 5.91 Å². The van der Waals surface area contributed by atoms with Crippen LogP contribution in [0.15, 0.2) is 0 Å². The molecule has 0 saturated carbocycles. The number of likely N-dealkylation sites (tertiary alicyclic amines) is 1. The Hall–Kier alpha value is -0.0500. The van der Waals surface area contributed by atoms with Gasteiger partial charge in [0, 0.05) is 5.92 Å². The Labute approximate surface area is 128 Å². The van der Waals surface area contributed by atoms with Gasteiger partial charge in [-0.1, -0.05) is 6.92 Å². The molecule has 3 atom stereocenters. The normalized spacial score (nSPS) is 31.8. The van der Waals surface area contributed by atoms with E-state index in [-0.39, 0.29) is 42.0 Å². The van der Waals surface area contributed by atoms with Crippen LogP contribution < -0.4 is 28.9 Å². The quantitative estimate of drug-likeness (QED) is 0.516. The van der Waals surface area contributed by atoms with Gasteiger partial charge < -0.3 is 33.8 Å². The van der Waals surface area contributed by atoms with Crippen molar-refractivity contribution in [1.29, 1.82) is 0 Å². The molecule has 0 aromatic carbocycles. The van der Waals surface area contributed by atoms with E-state index in [2.05, 4.69) is 7.05 Å². The highest BCUT2D eigenvalue weighted by Crippen LogP contribution is 2.31. The van der Waals surface area contributed by atoms with Gasteiger partial charge in [0.25, 0.3) is 0 Å². The number of nitrogens with one attached hydrogen (secondary N) is 1. The summed E-state index contributed by atoms with van der Waals surface area (Å²) in [7, 11) is 2.08. The lowest BCUT2D eigenvalue weighted by Crippen LogP contribution is -3.13. The second-order valence-electron chi connectivity index (χ2n) is 5.72. The summed E-state index contributed by atoms with van der Waals surface area (Å²) in [5.74, 6) is -1.26. The first-order chi connectivity index (χ1) is 8.28. The molecule has 0 radical (unpaired) electrons. The Bertz CT molecular complexity index is 323. The number of fused-ring (bicyclic) bond motifs is 2. The third kappa shape index (κ3) is 3.96. The van der Waals surface area contributed by atoms with Crippen molar-refractivity contribution in [2.24, 2.45) is 5.92 Å². The molecule has 0 aromatic heterocycles. The van der Waals surface area contributed by atoms with Gasteiger partial charge in [-0.15, -0.1) is 0 Å². The molecule has 0 spiro atoms. The second-order valence-corrected chi connectivity index (χ2v) is 5.72. The number of carbonyl (C=O) groups excluding carboxylic acids is 1. The molecule has 2 rings (SSSR count). The van der Waals surface area contributed by atoms with Crippen molar-refractivity contribution in [1.82, 2.24) is 4.90 Å². The van der Waals surface area contributed by atoms with Crippen molar-refractivity contribution < 1.29 is 46.8 Å². The number of rotatable bonds is 2. The topological polar surface area (TPSA) is 24.8 Å². The highest BCUT2D eigenvalue weighted by Gasteiger charge is 2.46. The van der Waals surface area contributed by atoms with Crippen LogP contribution in [0.2, 0.25) is 0 Å². The SMILES string of the molecule is CC(CC(F)(F)F)C(=O)N1C2CCC1C[NH+](C)C2.[I-]. The molecule has 3 nitrogen and oxygen atoms in total. The van der Waals surface area contributed by atoms with Gasteiger partial charge in [0.15, 0.2) is 0 Å². The first-order valence-corrected chi connectivity index (χ1v) is 6.48. The molecular formula is C12H20F3IN2O. The standard InChI is InChI=1S/C12H19F3N2O.HI/c1-8(5-12(13,14)15)11(18)17-9-3-4-10(17)7-16(2)6-9;/h8-10H,3-7H2,1-2H3;1H. The van der Waals surface area contributed by atoms with Crippen molar-refractivity contribution in [3.63, 3.8) is 0 Å². The van der Waals surface area contributed by atoms with E-state index in [1.807, 2.05) is 0 Å². The van der Waals surface area contributed by atoms with Crippen LogP contribution in [0.4, 0.5) is 13.2 Å². The fourth-order valence-corrected chi connectivity index (χ4v) is 3.30. The minimum atomic E-state index is -4.26. The van der Waals surface area contributed by atoms with Crippen molar-refractivity contribution in [3.05, 3.63) is 0 Å². The highest BCUT2D eigenvalue weighted by molar-refractivity contribution is 5.79. The van der Waals surface area contributed by atoms with Crippen LogP contribution in [0.25, 0.3) is 0 Å². The predicted molar refractivity (Wildman–Crippen MR) is 60.1 cm³/mol. The smallest absolute Gasteiger partial charge is 0.389 e. The number of hydrogen-bond acceptors (Lipinski definition) is 1. The molecule has 1 N–H and O–H groups in total. The summed E-state index contributed by atoms with van der Waals surface area (Å²) in [6.45, 7) is 3.11. The predicted octanol–water partition coefficient (Wildman–Crippen LogP) is -2.53. The van der Waals surface area contributed by atoms with Crippen LogP contribution in [0, 0.1) is 5.92 Å². The van der Waals surface area contributed by atoms with Gasteiger partial charge in [-0.2, -0.15) is 13.2 Å². The van der Waals surface area contributed by atoms with Crippen LogP contribution >= 0.6 is 0 Å². The Kier molecular flexibility index (Phi) is 5.51. The third-order valence-electron chi connectivity index (χ3n) is 4.00. The molecule has 0 aromatic rings. The average Bonchev–Trinajstić information content (AvgIpc) is 2.47. The number of carbonyl (C=O) groups is 1. The molecule has 19 heavy (non-hydrogen) atoms. The number of likely N-dealkylation sites (N-methyl/N-ethyl adjacent to an activating group) is 1. The average molecular weight is 392 g/mol. The second kappa shape index (κ2) is 6.15. The zero-order chi connectivity index (χ0) is 13.5. The number of nitrogens with zero attached hydrogens (tertiary/aromatic N) is 1. The van der Waals surface area contributed by atoms with E-state index in [1.165, 1.54) is 11.8 Å². The number of amides is 1. The molecule has 2 aliphatic heterocycles. The van der Waals surface area contributed by atoms with Gasteiger partial charge in [-0.3, -0.25) is 4.79 Å². The number of hydrogen-bond donors (Lipinski definition) is 1. The fraction of sp³-hybridized carbons (Fsp3) is 0.917. The zero-order valence-corrected chi connectivity index (χ0v) is 13.3. The van der Waals surface area contributed by atoms with E-state index in [1.54, 1.807) is 4.90 Å². The van der Waals surface area contributed by atoms with Crippen molar-refractivity contribution in [3.8, 4) is 0 Å². The lowest BCUT2D eigenvalue weighted by atomic mass is 10.0. The molecule has 7 heteroatoms. The molecular weight excluding hydrogens is 372 g/mol. The summed E-state index contributed by atoms with van der Waals surface area (Å²) in [6, 6.07) is 0.291. The van der Waals surface area contributed by atoms with E-state index in [0.29, 0.717) is 0 Å². The zero-order valence-electron chi connectivity index (χ0n) is 11.1. The maximum atomic E-state index is 12.3. The third-order valence-corrected chi connectivity index (χ3v) is 4.00. The number of piperazine rings is 1. The maximum absolute atomic E-state index is 12.3. The summed E-state index contributed by atoms with van der Waals surface area (Å²) in [5.41, 5.74) is 0. The van der Waals surface area contributed by atoms with E-state index >= 15 is 0 Å².